The fraction of sp³-hybridized carbons (Fsp3) is 0.348. The molecule has 3 aliphatic rings. The molecule has 51 heavy (non-hydrogen) atoms. The molecule has 258 valence electrons. The maximum Gasteiger partial charge on any atom is 0.217 e. The van der Waals surface area contributed by atoms with E-state index < -0.39 is 0 Å². The molecular formula is C46H48N4O. The number of nitrogens with zero attached hydrogens (tertiary/aromatic N) is 4. The molecule has 6 aromatic rings. The first-order chi connectivity index (χ1) is 24.3. The van der Waals surface area contributed by atoms with Crippen LogP contribution in [0.25, 0.3) is 27.6 Å². The minimum Gasteiger partial charge on any atom is -0.472 e. The minimum atomic E-state index is -0.228. The molecule has 0 spiro atoms. The van der Waals surface area contributed by atoms with E-state index in [-0.39, 0.29) is 22.5 Å². The van der Waals surface area contributed by atoms with Gasteiger partial charge in [-0.1, -0.05) is 83.5 Å². The maximum absolute atomic E-state index is 6.70. The molecule has 0 bridgehead atoms. The second-order valence-electron chi connectivity index (χ2n) is 16.9. The Labute approximate surface area is 302 Å². The van der Waals surface area contributed by atoms with Gasteiger partial charge in [-0.3, -0.25) is 4.57 Å². The van der Waals surface area contributed by atoms with Crippen LogP contribution in [-0.2, 0) is 15.6 Å². The molecule has 2 aromatic heterocycles. The van der Waals surface area contributed by atoms with Crippen LogP contribution in [0.5, 0.6) is 0 Å². The van der Waals surface area contributed by atoms with Crippen molar-refractivity contribution in [3.05, 3.63) is 125 Å². The number of fused-ring (bicyclic) bond motifs is 6. The van der Waals surface area contributed by atoms with Crippen LogP contribution in [0.2, 0.25) is 0 Å². The Hall–Kier alpha value is -4.90. The van der Waals surface area contributed by atoms with Crippen molar-refractivity contribution in [2.24, 2.45) is 4.99 Å². The summed E-state index contributed by atoms with van der Waals surface area (Å²) in [6.45, 7) is 18.3. The smallest absolute Gasteiger partial charge is 0.217 e. The summed E-state index contributed by atoms with van der Waals surface area (Å²) in [6.07, 6.45) is 6.69. The summed E-state index contributed by atoms with van der Waals surface area (Å²) in [5, 5.41) is 2.48. The van der Waals surface area contributed by atoms with Crippen LogP contribution >= 0.6 is 0 Å². The summed E-state index contributed by atoms with van der Waals surface area (Å²) in [4.78, 5) is 12.8. The van der Waals surface area contributed by atoms with Gasteiger partial charge in [0.25, 0.3) is 0 Å². The third kappa shape index (κ3) is 4.80. The molecular weight excluding hydrogens is 625 g/mol. The zero-order valence-electron chi connectivity index (χ0n) is 31.3. The van der Waals surface area contributed by atoms with E-state index >= 15 is 0 Å². The average Bonchev–Trinajstić information content (AvgIpc) is 3.62. The van der Waals surface area contributed by atoms with Crippen LogP contribution in [0, 0.1) is 13.8 Å². The van der Waals surface area contributed by atoms with Crippen LogP contribution < -0.4 is 4.90 Å². The molecule has 2 aliphatic heterocycles. The van der Waals surface area contributed by atoms with Crippen molar-refractivity contribution >= 4 is 44.8 Å². The topological polar surface area (TPSA) is 42.7 Å². The summed E-state index contributed by atoms with van der Waals surface area (Å²) in [5.74, 6) is 1.74. The molecule has 0 unspecified atom stereocenters. The van der Waals surface area contributed by atoms with E-state index in [2.05, 4.69) is 150 Å². The fourth-order valence-corrected chi connectivity index (χ4v) is 9.10. The number of benzene rings is 4. The number of aryl methyl sites for hydroxylation is 2. The number of rotatable bonds is 3. The first kappa shape index (κ1) is 32.0. The number of pyridine rings is 1. The molecule has 4 heterocycles. The van der Waals surface area contributed by atoms with E-state index in [0.717, 1.165) is 46.8 Å². The van der Waals surface area contributed by atoms with Crippen molar-refractivity contribution in [2.75, 3.05) is 4.90 Å². The lowest BCUT2D eigenvalue weighted by Crippen LogP contribution is -2.37. The quantitative estimate of drug-likeness (QED) is 0.188. The highest BCUT2D eigenvalue weighted by Gasteiger charge is 2.44. The van der Waals surface area contributed by atoms with Gasteiger partial charge in [0.15, 0.2) is 0 Å². The summed E-state index contributed by atoms with van der Waals surface area (Å²) in [6, 6.07) is 31.7. The lowest BCUT2D eigenvalue weighted by molar-refractivity contribution is 0.104. The fourth-order valence-electron chi connectivity index (χ4n) is 9.10. The van der Waals surface area contributed by atoms with E-state index in [1.807, 2.05) is 6.20 Å². The van der Waals surface area contributed by atoms with Crippen molar-refractivity contribution in [2.45, 2.75) is 104 Å². The highest BCUT2D eigenvalue weighted by Crippen LogP contribution is 2.54. The SMILES string of the molecule is Cc1cc(C)c(N2c3ccccc3C(C)(C)c3cc4c5ccccc5n(-c5cc(C(C)(C)C)ccn5)c4cc32)cc1C1=N[C@@]2(C)CCCC[C@@H]2O1. The second kappa shape index (κ2) is 11.0. The largest absolute Gasteiger partial charge is 0.472 e. The summed E-state index contributed by atoms with van der Waals surface area (Å²) < 4.78 is 9.06. The minimum absolute atomic E-state index is 0.00333. The van der Waals surface area contributed by atoms with Gasteiger partial charge < -0.3 is 9.64 Å². The van der Waals surface area contributed by atoms with Crippen molar-refractivity contribution in [1.29, 1.82) is 0 Å². The lowest BCUT2D eigenvalue weighted by Gasteiger charge is -2.42. The molecule has 1 saturated carbocycles. The standard InChI is InChI=1S/C46H48N4O/c1-28-23-29(2)38(26-32(28)43-48-46(8)21-14-13-19-41(46)51-43)49-37-18-12-10-16-34(37)45(6,7)35-25-33-31-15-9-11-17-36(31)50(39(33)27-40(35)49)42-24-30(20-22-47-42)44(3,4)5/h9-12,15-18,20,22-27,41H,13-14,19,21H2,1-8H3/t41-,46-/m0/s1. The normalized spacial score (nSPS) is 20.9. The van der Waals surface area contributed by atoms with Gasteiger partial charge in [0.05, 0.1) is 27.9 Å². The van der Waals surface area contributed by atoms with E-state index in [1.165, 1.54) is 62.8 Å². The zero-order chi connectivity index (χ0) is 35.4. The average molecular weight is 673 g/mol. The molecule has 9 rings (SSSR count). The summed E-state index contributed by atoms with van der Waals surface area (Å²) in [5.41, 5.74) is 12.9. The number of hydrogen-bond acceptors (Lipinski definition) is 4. The van der Waals surface area contributed by atoms with Crippen LogP contribution in [0.15, 0.2) is 96.1 Å². The Morgan fingerprint density at radius 3 is 2.33 bits per heavy atom. The Morgan fingerprint density at radius 2 is 1.53 bits per heavy atom. The Morgan fingerprint density at radius 1 is 0.745 bits per heavy atom. The molecule has 0 saturated heterocycles. The van der Waals surface area contributed by atoms with Gasteiger partial charge >= 0.3 is 0 Å². The van der Waals surface area contributed by atoms with Crippen LogP contribution in [0.1, 0.15) is 101 Å². The number of para-hydroxylation sites is 2. The number of hydrogen-bond donors (Lipinski definition) is 0. The van der Waals surface area contributed by atoms with Crippen LogP contribution in [0.4, 0.5) is 17.1 Å². The molecule has 0 N–H and O–H groups in total. The highest BCUT2D eigenvalue weighted by atomic mass is 16.5. The van der Waals surface area contributed by atoms with Crippen molar-refractivity contribution in [3.8, 4) is 5.82 Å². The Balaban J connectivity index is 1.32. The number of ether oxygens (including phenoxy) is 1. The molecule has 0 amide bonds. The number of anilines is 3. The first-order valence-electron chi connectivity index (χ1n) is 18.7. The molecule has 0 radical (unpaired) electrons. The number of aliphatic imine (C=N–C) groups is 1. The molecule has 2 atom stereocenters. The predicted molar refractivity (Wildman–Crippen MR) is 212 cm³/mol. The molecule has 5 nitrogen and oxygen atoms in total. The number of aromatic nitrogens is 2. The zero-order valence-corrected chi connectivity index (χ0v) is 31.3. The van der Waals surface area contributed by atoms with Gasteiger partial charge in [-0.05, 0) is 116 Å². The lowest BCUT2D eigenvalue weighted by atomic mass is 9.73. The van der Waals surface area contributed by atoms with E-state index in [0.29, 0.717) is 0 Å². The Kier molecular flexibility index (Phi) is 6.94. The second-order valence-corrected chi connectivity index (χ2v) is 16.9. The van der Waals surface area contributed by atoms with Gasteiger partial charge in [-0.2, -0.15) is 0 Å². The van der Waals surface area contributed by atoms with Gasteiger partial charge in [0, 0.05) is 33.6 Å². The van der Waals surface area contributed by atoms with E-state index in [9.17, 15) is 0 Å². The predicted octanol–water partition coefficient (Wildman–Crippen LogP) is 11.7. The highest BCUT2D eigenvalue weighted by molar-refractivity contribution is 6.11. The van der Waals surface area contributed by atoms with Gasteiger partial charge in [0.2, 0.25) is 5.90 Å². The third-order valence-corrected chi connectivity index (χ3v) is 12.1. The van der Waals surface area contributed by atoms with Gasteiger partial charge in [-0.15, -0.1) is 0 Å². The van der Waals surface area contributed by atoms with Crippen molar-refractivity contribution in [1.82, 2.24) is 9.55 Å². The van der Waals surface area contributed by atoms with Gasteiger partial charge in [-0.25, -0.2) is 9.98 Å². The molecule has 1 aliphatic carbocycles. The summed E-state index contributed by atoms with van der Waals surface area (Å²) >= 11 is 0. The Bertz CT molecular complexity index is 2420. The first-order valence-corrected chi connectivity index (χ1v) is 18.7. The monoisotopic (exact) mass is 672 g/mol. The van der Waals surface area contributed by atoms with Crippen LogP contribution in [0.3, 0.4) is 0 Å². The van der Waals surface area contributed by atoms with E-state index in [4.69, 9.17) is 14.7 Å². The van der Waals surface area contributed by atoms with Crippen molar-refractivity contribution in [3.63, 3.8) is 0 Å². The molecule has 1 fully saturated rings. The van der Waals surface area contributed by atoms with Crippen molar-refractivity contribution < 1.29 is 4.74 Å². The summed E-state index contributed by atoms with van der Waals surface area (Å²) in [7, 11) is 0. The van der Waals surface area contributed by atoms with E-state index in [1.54, 1.807) is 0 Å². The molecule has 4 aromatic carbocycles. The maximum atomic E-state index is 6.70. The molecule has 5 heteroatoms. The van der Waals surface area contributed by atoms with Gasteiger partial charge in [0.1, 0.15) is 11.9 Å². The third-order valence-electron chi connectivity index (χ3n) is 12.1. The van der Waals surface area contributed by atoms with Crippen LogP contribution in [-0.4, -0.2) is 27.1 Å².